The lowest BCUT2D eigenvalue weighted by molar-refractivity contribution is -0.237. The van der Waals surface area contributed by atoms with Gasteiger partial charge in [-0.15, -0.1) is 0 Å². The van der Waals surface area contributed by atoms with Gasteiger partial charge in [-0.1, -0.05) is 18.2 Å². The van der Waals surface area contributed by atoms with Gasteiger partial charge in [0.25, 0.3) is 12.3 Å². The molecule has 1 heterocycles. The van der Waals surface area contributed by atoms with Crippen molar-refractivity contribution in [1.82, 2.24) is 0 Å². The number of alkyl halides is 4. The van der Waals surface area contributed by atoms with Gasteiger partial charge in [-0.3, -0.25) is 0 Å². The van der Waals surface area contributed by atoms with Gasteiger partial charge in [-0.05, 0) is 30.4 Å². The maximum Gasteiger partial charge on any atom is 0.281 e. The third-order valence-electron chi connectivity index (χ3n) is 3.96. The number of hydrogen-bond donors (Lipinski definition) is 0. The van der Waals surface area contributed by atoms with Gasteiger partial charge in [0.2, 0.25) is 0 Å². The quantitative estimate of drug-likeness (QED) is 0.771. The van der Waals surface area contributed by atoms with Crippen molar-refractivity contribution in [3.63, 3.8) is 0 Å². The van der Waals surface area contributed by atoms with Crippen LogP contribution in [0.1, 0.15) is 48.5 Å². The van der Waals surface area contributed by atoms with Crippen LogP contribution < -0.4 is 0 Å². The predicted molar refractivity (Wildman–Crippen MR) is 67.5 cm³/mol. The van der Waals surface area contributed by atoms with Crippen LogP contribution in [0.3, 0.4) is 0 Å². The Morgan fingerprint density at radius 2 is 2.05 bits per heavy atom. The topological polar surface area (TPSA) is 18.5 Å². The Bertz CT molecular complexity index is 512. The number of hydrogen-bond acceptors (Lipinski definition) is 2. The number of rotatable bonds is 3. The fourth-order valence-corrected chi connectivity index (χ4v) is 2.99. The van der Waals surface area contributed by atoms with Crippen LogP contribution in [-0.4, -0.2) is 18.8 Å². The molecule has 21 heavy (non-hydrogen) atoms. The SMILES string of the molecule is FC(F)c1cccc2c1C(OC1CCCCO1)C(F)(F)C2. The van der Waals surface area contributed by atoms with E-state index >= 15 is 0 Å². The molecule has 2 unspecified atom stereocenters. The molecular formula is C15H16F4O2. The van der Waals surface area contributed by atoms with Gasteiger partial charge >= 0.3 is 0 Å². The first kappa shape index (κ1) is 14.8. The first-order valence-corrected chi connectivity index (χ1v) is 7.04. The normalized spacial score (nSPS) is 27.9. The van der Waals surface area contributed by atoms with E-state index in [2.05, 4.69) is 0 Å². The molecule has 0 radical (unpaired) electrons. The lowest BCUT2D eigenvalue weighted by atomic mass is 10.0. The summed E-state index contributed by atoms with van der Waals surface area (Å²) in [6, 6.07) is 4.03. The Kier molecular flexibility index (Phi) is 3.92. The van der Waals surface area contributed by atoms with Crippen LogP contribution in [0.15, 0.2) is 18.2 Å². The van der Waals surface area contributed by atoms with E-state index in [0.717, 1.165) is 12.8 Å². The van der Waals surface area contributed by atoms with Crippen molar-refractivity contribution in [2.45, 2.75) is 50.4 Å². The Hall–Kier alpha value is -1.14. The van der Waals surface area contributed by atoms with Gasteiger partial charge in [0.05, 0.1) is 0 Å². The van der Waals surface area contributed by atoms with Crippen LogP contribution in [0.4, 0.5) is 17.6 Å². The van der Waals surface area contributed by atoms with E-state index in [9.17, 15) is 17.6 Å². The molecule has 0 aromatic heterocycles. The van der Waals surface area contributed by atoms with Gasteiger partial charge in [0, 0.05) is 18.6 Å². The number of benzene rings is 1. The smallest absolute Gasteiger partial charge is 0.281 e. The van der Waals surface area contributed by atoms with E-state index in [4.69, 9.17) is 9.47 Å². The van der Waals surface area contributed by atoms with Gasteiger partial charge < -0.3 is 9.47 Å². The lowest BCUT2D eigenvalue weighted by Crippen LogP contribution is -2.32. The van der Waals surface area contributed by atoms with Crippen LogP contribution >= 0.6 is 0 Å². The van der Waals surface area contributed by atoms with Crippen LogP contribution in [0.5, 0.6) is 0 Å². The number of ether oxygens (including phenoxy) is 2. The molecule has 1 aliphatic carbocycles. The maximum absolute atomic E-state index is 14.2. The summed E-state index contributed by atoms with van der Waals surface area (Å²) in [4.78, 5) is 0. The summed E-state index contributed by atoms with van der Waals surface area (Å²) in [5.41, 5.74) is -0.198. The third-order valence-corrected chi connectivity index (χ3v) is 3.96. The van der Waals surface area contributed by atoms with Gasteiger partial charge in [-0.2, -0.15) is 0 Å². The summed E-state index contributed by atoms with van der Waals surface area (Å²) in [6.07, 6.45) is -3.56. The molecule has 2 nitrogen and oxygen atoms in total. The largest absolute Gasteiger partial charge is 0.353 e. The second-order valence-corrected chi connectivity index (χ2v) is 5.47. The maximum atomic E-state index is 14.2. The summed E-state index contributed by atoms with van der Waals surface area (Å²) >= 11 is 0. The second-order valence-electron chi connectivity index (χ2n) is 5.47. The molecule has 1 aromatic rings. The molecule has 6 heteroatoms. The van der Waals surface area contributed by atoms with Crippen molar-refractivity contribution in [3.05, 3.63) is 34.9 Å². The zero-order valence-electron chi connectivity index (χ0n) is 11.3. The van der Waals surface area contributed by atoms with E-state index in [1.807, 2.05) is 0 Å². The van der Waals surface area contributed by atoms with Gasteiger partial charge in [-0.25, -0.2) is 17.6 Å². The molecule has 116 valence electrons. The van der Waals surface area contributed by atoms with E-state index in [0.29, 0.717) is 13.0 Å². The molecule has 2 atom stereocenters. The third kappa shape index (κ3) is 2.79. The van der Waals surface area contributed by atoms with E-state index in [1.54, 1.807) is 0 Å². The Labute approximate surface area is 120 Å². The molecule has 2 aliphatic rings. The molecule has 0 N–H and O–H groups in total. The summed E-state index contributed by atoms with van der Waals surface area (Å²) in [7, 11) is 0. The van der Waals surface area contributed by atoms with E-state index < -0.39 is 31.2 Å². The highest BCUT2D eigenvalue weighted by Gasteiger charge is 2.51. The molecule has 0 spiro atoms. The van der Waals surface area contributed by atoms with Crippen molar-refractivity contribution in [2.75, 3.05) is 6.61 Å². The highest BCUT2D eigenvalue weighted by Crippen LogP contribution is 2.49. The minimum Gasteiger partial charge on any atom is -0.353 e. The molecule has 1 fully saturated rings. The van der Waals surface area contributed by atoms with Crippen LogP contribution in [0.25, 0.3) is 0 Å². The molecule has 1 saturated heterocycles. The predicted octanol–water partition coefficient (Wildman–Crippen LogP) is 4.40. The molecular weight excluding hydrogens is 288 g/mol. The van der Waals surface area contributed by atoms with Crippen LogP contribution in [-0.2, 0) is 15.9 Å². The van der Waals surface area contributed by atoms with Gasteiger partial charge in [0.1, 0.15) is 0 Å². The average molecular weight is 304 g/mol. The van der Waals surface area contributed by atoms with E-state index in [1.165, 1.54) is 18.2 Å². The molecule has 1 aliphatic heterocycles. The molecule has 0 bridgehead atoms. The van der Waals surface area contributed by atoms with Crippen molar-refractivity contribution >= 4 is 0 Å². The Balaban J connectivity index is 1.92. The summed E-state index contributed by atoms with van der Waals surface area (Å²) in [5, 5.41) is 0. The number of halogens is 4. The highest BCUT2D eigenvalue weighted by molar-refractivity contribution is 5.43. The van der Waals surface area contributed by atoms with Crippen LogP contribution in [0.2, 0.25) is 0 Å². The first-order chi connectivity index (χ1) is 9.99. The van der Waals surface area contributed by atoms with Crippen molar-refractivity contribution in [2.24, 2.45) is 0 Å². The Morgan fingerprint density at radius 3 is 2.71 bits per heavy atom. The zero-order chi connectivity index (χ0) is 15.0. The van der Waals surface area contributed by atoms with E-state index in [-0.39, 0.29) is 16.7 Å². The molecule has 0 saturated carbocycles. The van der Waals surface area contributed by atoms with Crippen molar-refractivity contribution < 1.29 is 27.0 Å². The van der Waals surface area contributed by atoms with Gasteiger partial charge in [0.15, 0.2) is 12.4 Å². The van der Waals surface area contributed by atoms with Crippen molar-refractivity contribution in [3.8, 4) is 0 Å². The van der Waals surface area contributed by atoms with Crippen LogP contribution in [0, 0.1) is 0 Å². The monoisotopic (exact) mass is 304 g/mol. The summed E-state index contributed by atoms with van der Waals surface area (Å²) in [5.74, 6) is -3.19. The second kappa shape index (κ2) is 5.57. The molecule has 0 amide bonds. The lowest BCUT2D eigenvalue weighted by Gasteiger charge is -2.29. The minimum atomic E-state index is -3.19. The zero-order valence-corrected chi connectivity index (χ0v) is 11.3. The first-order valence-electron chi connectivity index (χ1n) is 7.04. The Morgan fingerprint density at radius 1 is 1.24 bits per heavy atom. The fraction of sp³-hybridized carbons (Fsp3) is 0.600. The summed E-state index contributed by atoms with van der Waals surface area (Å²) in [6.45, 7) is 0.451. The molecule has 3 rings (SSSR count). The summed E-state index contributed by atoms with van der Waals surface area (Å²) < 4.78 is 65.2. The highest BCUT2D eigenvalue weighted by atomic mass is 19.3. The average Bonchev–Trinajstić information content (AvgIpc) is 2.70. The fourth-order valence-electron chi connectivity index (χ4n) is 2.99. The van der Waals surface area contributed by atoms with Crippen molar-refractivity contribution in [1.29, 1.82) is 0 Å². The minimum absolute atomic E-state index is 0.0633. The molecule has 1 aromatic carbocycles. The standard InChI is InChI=1S/C15H16F4O2/c16-14(17)10-5-3-4-9-8-15(18,19)13(12(9)10)21-11-6-1-2-7-20-11/h3-5,11,13-14H,1-2,6-8H2. The number of fused-ring (bicyclic) bond motifs is 1.